The van der Waals surface area contributed by atoms with E-state index in [-0.39, 0.29) is 23.8 Å². The maximum atomic E-state index is 14.3. The molecule has 2 aliphatic rings. The molecule has 7 heteroatoms. The highest BCUT2D eigenvalue weighted by Gasteiger charge is 2.47. The van der Waals surface area contributed by atoms with Crippen molar-refractivity contribution in [3.05, 3.63) is 59.7 Å². The Balaban J connectivity index is 1.50. The lowest BCUT2D eigenvalue weighted by Crippen LogP contribution is -2.36. The molecule has 0 aromatic heterocycles. The predicted molar refractivity (Wildman–Crippen MR) is 105 cm³/mol. The quantitative estimate of drug-likeness (QED) is 0.832. The highest BCUT2D eigenvalue weighted by atomic mass is 32.2. The molecule has 1 saturated heterocycles. The summed E-state index contributed by atoms with van der Waals surface area (Å²) < 4.78 is 41.9. The van der Waals surface area contributed by atoms with Gasteiger partial charge in [0.2, 0.25) is 5.91 Å². The summed E-state index contributed by atoms with van der Waals surface area (Å²) in [5.74, 6) is -1.18. The molecule has 4 nitrogen and oxygen atoms in total. The van der Waals surface area contributed by atoms with Gasteiger partial charge in [0.25, 0.3) is 0 Å². The van der Waals surface area contributed by atoms with Crippen molar-refractivity contribution >= 4 is 16.9 Å². The van der Waals surface area contributed by atoms with Crippen molar-refractivity contribution in [2.45, 2.75) is 24.8 Å². The number of halogens is 2. The Kier molecular flexibility index (Phi) is 5.29. The Morgan fingerprint density at radius 3 is 2.71 bits per heavy atom. The number of likely N-dealkylation sites (tertiary alicyclic amines) is 1. The van der Waals surface area contributed by atoms with Crippen LogP contribution in [0.2, 0.25) is 0 Å². The second-order valence-electron chi connectivity index (χ2n) is 7.50. The molecule has 2 aromatic carbocycles. The number of amides is 1. The number of nitrogens with one attached hydrogen (secondary N) is 1. The number of carbonyl (C=O) groups is 1. The lowest BCUT2D eigenvalue weighted by molar-refractivity contribution is -0.131. The monoisotopic (exact) mass is 404 g/mol. The minimum atomic E-state index is -1.09. The molecule has 4 rings (SSSR count). The molecule has 2 aromatic rings. The van der Waals surface area contributed by atoms with Crippen LogP contribution in [0.3, 0.4) is 0 Å². The fourth-order valence-corrected chi connectivity index (χ4v) is 4.77. The Labute approximate surface area is 165 Å². The Morgan fingerprint density at radius 1 is 1.18 bits per heavy atom. The molecule has 0 spiro atoms. The van der Waals surface area contributed by atoms with E-state index >= 15 is 0 Å². The van der Waals surface area contributed by atoms with Gasteiger partial charge in [-0.3, -0.25) is 4.79 Å². The maximum absolute atomic E-state index is 14.3. The van der Waals surface area contributed by atoms with Crippen molar-refractivity contribution in [3.63, 3.8) is 0 Å². The van der Waals surface area contributed by atoms with Crippen LogP contribution in [0.4, 0.5) is 8.78 Å². The Morgan fingerprint density at radius 2 is 1.96 bits per heavy atom. The maximum Gasteiger partial charge on any atom is 0.226 e. The topological polar surface area (TPSA) is 49.4 Å². The molecule has 1 saturated carbocycles. The smallest absolute Gasteiger partial charge is 0.226 e. The van der Waals surface area contributed by atoms with Gasteiger partial charge in [0.1, 0.15) is 11.6 Å². The van der Waals surface area contributed by atoms with Gasteiger partial charge in [-0.2, -0.15) is 0 Å². The molecule has 148 valence electrons. The van der Waals surface area contributed by atoms with E-state index < -0.39 is 22.6 Å². The summed E-state index contributed by atoms with van der Waals surface area (Å²) in [6, 6.07) is 11.1. The Bertz CT molecular complexity index is 936. The van der Waals surface area contributed by atoms with E-state index in [9.17, 15) is 17.8 Å². The molecule has 1 amide bonds. The van der Waals surface area contributed by atoms with Crippen molar-refractivity contribution < 1.29 is 17.8 Å². The predicted octanol–water partition coefficient (Wildman–Crippen LogP) is 3.22. The van der Waals surface area contributed by atoms with E-state index in [0.717, 1.165) is 24.5 Å². The summed E-state index contributed by atoms with van der Waals surface area (Å²) in [7, 11) is -1.09. The van der Waals surface area contributed by atoms with Crippen molar-refractivity contribution in [1.29, 1.82) is 0 Å². The molecule has 2 fully saturated rings. The summed E-state index contributed by atoms with van der Waals surface area (Å²) in [5.41, 5.74) is 1.99. The van der Waals surface area contributed by atoms with Crippen molar-refractivity contribution in [2.75, 3.05) is 19.3 Å². The van der Waals surface area contributed by atoms with Crippen LogP contribution in [0.15, 0.2) is 42.5 Å². The molecule has 0 radical (unpaired) electrons. The zero-order valence-corrected chi connectivity index (χ0v) is 16.3. The first kappa shape index (κ1) is 19.2. The number of carbonyl (C=O) groups excluding carboxylic acids is 1. The largest absolute Gasteiger partial charge is 0.341 e. The van der Waals surface area contributed by atoms with Crippen molar-refractivity contribution in [2.24, 2.45) is 5.92 Å². The lowest BCUT2D eigenvalue weighted by atomic mass is 9.95. The highest BCUT2D eigenvalue weighted by molar-refractivity contribution is 7.82. The molecular weight excluding hydrogens is 382 g/mol. The van der Waals surface area contributed by atoms with Crippen LogP contribution in [0.25, 0.3) is 11.1 Å². The normalized spacial score (nSPS) is 25.0. The van der Waals surface area contributed by atoms with E-state index in [1.807, 2.05) is 29.2 Å². The lowest BCUT2D eigenvalue weighted by Gasteiger charge is -2.17. The number of rotatable bonds is 5. The highest BCUT2D eigenvalue weighted by Crippen LogP contribution is 2.51. The minimum Gasteiger partial charge on any atom is -0.341 e. The zero-order chi connectivity index (χ0) is 19.8. The number of benzene rings is 2. The number of hydrogen-bond acceptors (Lipinski definition) is 2. The minimum absolute atomic E-state index is 0.0421. The zero-order valence-electron chi connectivity index (χ0n) is 15.5. The Hall–Kier alpha value is -2.12. The second-order valence-corrected chi connectivity index (χ2v) is 8.65. The van der Waals surface area contributed by atoms with E-state index in [4.69, 9.17) is 0 Å². The van der Waals surface area contributed by atoms with Crippen molar-refractivity contribution in [3.8, 4) is 11.1 Å². The summed E-state index contributed by atoms with van der Waals surface area (Å²) >= 11 is 0. The van der Waals surface area contributed by atoms with Gasteiger partial charge < -0.3 is 4.90 Å². The van der Waals surface area contributed by atoms with Crippen molar-refractivity contribution in [1.82, 2.24) is 9.62 Å². The molecule has 1 heterocycles. The van der Waals surface area contributed by atoms with E-state index in [0.29, 0.717) is 24.2 Å². The molecule has 0 bridgehead atoms. The first-order valence-electron chi connectivity index (χ1n) is 9.36. The average molecular weight is 404 g/mol. The molecule has 1 aliphatic carbocycles. The van der Waals surface area contributed by atoms with Gasteiger partial charge in [-0.15, -0.1) is 0 Å². The number of hydrogen-bond donors (Lipinski definition) is 1. The SMILES string of the molecule is CS(=O)NC1CCN(C(=O)C2CC2c2ccccc2-c2ccc(F)cc2F)C1. The van der Waals surface area contributed by atoms with Crippen LogP contribution >= 0.6 is 0 Å². The third-order valence-corrected chi connectivity index (χ3v) is 6.19. The van der Waals surface area contributed by atoms with Crippen LogP contribution in [-0.2, 0) is 15.8 Å². The van der Waals surface area contributed by atoms with Gasteiger partial charge in [-0.05, 0) is 42.0 Å². The second kappa shape index (κ2) is 7.72. The molecule has 4 atom stereocenters. The van der Waals surface area contributed by atoms with Gasteiger partial charge in [0, 0.05) is 42.9 Å². The summed E-state index contributed by atoms with van der Waals surface area (Å²) in [5, 5.41) is 0. The molecule has 4 unspecified atom stereocenters. The summed E-state index contributed by atoms with van der Waals surface area (Å²) in [4.78, 5) is 14.7. The first-order chi connectivity index (χ1) is 13.4. The fraction of sp³-hybridized carbons (Fsp3) is 0.381. The van der Waals surface area contributed by atoms with Crippen LogP contribution in [0, 0.1) is 17.6 Å². The van der Waals surface area contributed by atoms with Gasteiger partial charge in [-0.25, -0.2) is 17.7 Å². The summed E-state index contributed by atoms with van der Waals surface area (Å²) in [6.45, 7) is 1.22. The van der Waals surface area contributed by atoms with Gasteiger partial charge >= 0.3 is 0 Å². The summed E-state index contributed by atoms with van der Waals surface area (Å²) in [6.07, 6.45) is 3.11. The first-order valence-corrected chi connectivity index (χ1v) is 10.9. The fourth-order valence-electron chi connectivity index (χ4n) is 4.11. The third kappa shape index (κ3) is 3.86. The van der Waals surface area contributed by atoms with Gasteiger partial charge in [0.15, 0.2) is 0 Å². The standard InChI is InChI=1S/C21H22F2N2O2S/c1-28(27)24-14-8-9-25(12-14)21(26)19-11-18(19)16-5-3-2-4-15(16)17-7-6-13(22)10-20(17)23/h2-7,10,14,18-19,24H,8-9,11-12H2,1H3. The average Bonchev–Trinajstić information content (AvgIpc) is 3.32. The van der Waals surface area contributed by atoms with Crippen LogP contribution in [0.1, 0.15) is 24.3 Å². The molecule has 28 heavy (non-hydrogen) atoms. The van der Waals surface area contributed by atoms with Crippen LogP contribution in [0.5, 0.6) is 0 Å². The molecule has 1 aliphatic heterocycles. The number of nitrogens with zero attached hydrogens (tertiary/aromatic N) is 1. The van der Waals surface area contributed by atoms with Crippen LogP contribution < -0.4 is 4.72 Å². The van der Waals surface area contributed by atoms with E-state index in [2.05, 4.69) is 4.72 Å². The molecule has 1 N–H and O–H groups in total. The molecular formula is C21H22F2N2O2S. The van der Waals surface area contributed by atoms with E-state index in [1.165, 1.54) is 12.1 Å². The third-order valence-electron chi connectivity index (χ3n) is 5.52. The van der Waals surface area contributed by atoms with E-state index in [1.54, 1.807) is 6.26 Å². The van der Waals surface area contributed by atoms with Crippen LogP contribution in [-0.4, -0.2) is 40.4 Å². The van der Waals surface area contributed by atoms with Gasteiger partial charge in [-0.1, -0.05) is 24.3 Å². The van der Waals surface area contributed by atoms with Gasteiger partial charge in [0.05, 0.1) is 11.0 Å².